The summed E-state index contributed by atoms with van der Waals surface area (Å²) in [7, 11) is 1.58. The molecule has 2 aliphatic rings. The molecule has 0 amide bonds. The van der Waals surface area contributed by atoms with Gasteiger partial charge in [0, 0.05) is 13.0 Å². The van der Waals surface area contributed by atoms with E-state index in [-0.39, 0.29) is 11.5 Å². The number of allylic oxidation sites excluding steroid dienone is 1. The normalized spacial score (nSPS) is 37.0. The van der Waals surface area contributed by atoms with E-state index in [0.29, 0.717) is 19.6 Å². The monoisotopic (exact) mass is 286 g/mol. The molecule has 1 aliphatic carbocycles. The number of rotatable bonds is 5. The molecule has 2 fully saturated rings. The number of hydrogen-bond acceptors (Lipinski definition) is 3. The third-order valence-corrected chi connectivity index (χ3v) is 4.58. The Balaban J connectivity index is 2.14. The molecule has 0 radical (unpaired) electrons. The number of alkyl halides is 1. The van der Waals surface area contributed by atoms with Gasteiger partial charge in [-0.25, -0.2) is 4.39 Å². The van der Waals surface area contributed by atoms with Crippen LogP contribution in [-0.4, -0.2) is 43.8 Å². The molecule has 3 nitrogen and oxygen atoms in total. The van der Waals surface area contributed by atoms with Gasteiger partial charge in [0.05, 0.1) is 30.5 Å². The van der Waals surface area contributed by atoms with E-state index in [4.69, 9.17) is 14.2 Å². The van der Waals surface area contributed by atoms with Gasteiger partial charge >= 0.3 is 0 Å². The highest BCUT2D eigenvalue weighted by molar-refractivity contribution is 5.12. The third kappa shape index (κ3) is 3.07. The smallest absolute Gasteiger partial charge is 0.127 e. The van der Waals surface area contributed by atoms with E-state index < -0.39 is 17.9 Å². The Morgan fingerprint density at radius 3 is 2.60 bits per heavy atom. The van der Waals surface area contributed by atoms with Gasteiger partial charge < -0.3 is 14.2 Å². The molecule has 1 heterocycles. The lowest BCUT2D eigenvalue weighted by Gasteiger charge is -2.46. The SMILES string of the molecule is CO[C@@H]1C(F)CC[C@]2(CO2)[C@H]1C(C)(C)OCC=C(C)C. The molecular weight excluding hydrogens is 259 g/mol. The molecule has 0 N–H and O–H groups in total. The maximum absolute atomic E-state index is 14.2. The van der Waals surface area contributed by atoms with Gasteiger partial charge in [0.1, 0.15) is 6.17 Å². The summed E-state index contributed by atoms with van der Waals surface area (Å²) in [6.45, 7) is 9.35. The number of ether oxygens (including phenoxy) is 3. The van der Waals surface area contributed by atoms with Crippen molar-refractivity contribution in [2.24, 2.45) is 5.92 Å². The Kier molecular flexibility index (Phi) is 4.57. The standard InChI is InChI=1S/C16H27FO3/c1-11(2)7-9-19-15(3,4)14-13(18-5)12(17)6-8-16(14)10-20-16/h7,12-14H,6,8-10H2,1-5H3/t12?,13-,14-,16+/m1/s1. The van der Waals surface area contributed by atoms with Gasteiger partial charge in [0.25, 0.3) is 0 Å². The molecule has 20 heavy (non-hydrogen) atoms. The van der Waals surface area contributed by atoms with Crippen molar-refractivity contribution in [2.75, 3.05) is 20.3 Å². The van der Waals surface area contributed by atoms with Crippen LogP contribution < -0.4 is 0 Å². The maximum Gasteiger partial charge on any atom is 0.127 e. The second kappa shape index (κ2) is 5.74. The van der Waals surface area contributed by atoms with Gasteiger partial charge in [0.2, 0.25) is 0 Å². The second-order valence-electron chi connectivity index (χ2n) is 6.78. The molecular formula is C16H27FO3. The maximum atomic E-state index is 14.2. The summed E-state index contributed by atoms with van der Waals surface area (Å²) in [5, 5.41) is 0. The van der Waals surface area contributed by atoms with Crippen molar-refractivity contribution in [2.45, 2.75) is 64.0 Å². The van der Waals surface area contributed by atoms with Crippen molar-refractivity contribution >= 4 is 0 Å². The first-order valence-electron chi connectivity index (χ1n) is 7.40. The summed E-state index contributed by atoms with van der Waals surface area (Å²) in [6, 6.07) is 0. The summed E-state index contributed by atoms with van der Waals surface area (Å²) in [6.07, 6.45) is 1.92. The van der Waals surface area contributed by atoms with Crippen LogP contribution in [-0.2, 0) is 14.2 Å². The van der Waals surface area contributed by atoms with Gasteiger partial charge in [-0.2, -0.15) is 0 Å². The Morgan fingerprint density at radius 1 is 1.45 bits per heavy atom. The zero-order valence-corrected chi connectivity index (χ0v) is 13.2. The molecule has 1 unspecified atom stereocenters. The van der Waals surface area contributed by atoms with Crippen LogP contribution in [0.2, 0.25) is 0 Å². The van der Waals surface area contributed by atoms with Crippen molar-refractivity contribution in [3.63, 3.8) is 0 Å². The van der Waals surface area contributed by atoms with Gasteiger partial charge in [-0.15, -0.1) is 0 Å². The first-order chi connectivity index (χ1) is 9.32. The van der Waals surface area contributed by atoms with Crippen molar-refractivity contribution in [1.82, 2.24) is 0 Å². The molecule has 4 atom stereocenters. The molecule has 1 spiro atoms. The van der Waals surface area contributed by atoms with E-state index >= 15 is 0 Å². The summed E-state index contributed by atoms with van der Waals surface area (Å²) < 4.78 is 31.4. The van der Waals surface area contributed by atoms with Crippen LogP contribution in [0.1, 0.15) is 40.5 Å². The Morgan fingerprint density at radius 2 is 2.10 bits per heavy atom. The second-order valence-corrected chi connectivity index (χ2v) is 6.78. The average Bonchev–Trinajstić information content (AvgIpc) is 3.11. The van der Waals surface area contributed by atoms with Crippen molar-refractivity contribution in [3.8, 4) is 0 Å². The van der Waals surface area contributed by atoms with Crippen LogP contribution in [0.15, 0.2) is 11.6 Å². The lowest BCUT2D eigenvalue weighted by Crippen LogP contribution is -2.56. The Hall–Kier alpha value is -0.450. The molecule has 0 aromatic rings. The summed E-state index contributed by atoms with van der Waals surface area (Å²) in [5.74, 6) is -0.0747. The first-order valence-corrected chi connectivity index (χ1v) is 7.40. The Bertz CT molecular complexity index is 370. The van der Waals surface area contributed by atoms with Crippen LogP contribution >= 0.6 is 0 Å². The zero-order valence-electron chi connectivity index (χ0n) is 13.2. The fraction of sp³-hybridized carbons (Fsp3) is 0.875. The van der Waals surface area contributed by atoms with Crippen molar-refractivity contribution in [3.05, 3.63) is 11.6 Å². The van der Waals surface area contributed by atoms with E-state index in [2.05, 4.69) is 0 Å². The van der Waals surface area contributed by atoms with Crippen LogP contribution in [0.5, 0.6) is 0 Å². The van der Waals surface area contributed by atoms with E-state index in [0.717, 1.165) is 6.42 Å². The highest BCUT2D eigenvalue weighted by Gasteiger charge is 2.63. The van der Waals surface area contributed by atoms with E-state index in [1.807, 2.05) is 33.8 Å². The van der Waals surface area contributed by atoms with Crippen molar-refractivity contribution in [1.29, 1.82) is 0 Å². The summed E-state index contributed by atoms with van der Waals surface area (Å²) in [4.78, 5) is 0. The fourth-order valence-electron chi connectivity index (χ4n) is 3.45. The largest absolute Gasteiger partial charge is 0.378 e. The summed E-state index contributed by atoms with van der Waals surface area (Å²) in [5.41, 5.74) is 0.500. The van der Waals surface area contributed by atoms with E-state index in [9.17, 15) is 4.39 Å². The minimum atomic E-state index is -0.939. The van der Waals surface area contributed by atoms with E-state index in [1.165, 1.54) is 5.57 Å². The molecule has 2 rings (SSSR count). The van der Waals surface area contributed by atoms with Crippen LogP contribution in [0.3, 0.4) is 0 Å². The summed E-state index contributed by atoms with van der Waals surface area (Å²) >= 11 is 0. The molecule has 1 saturated heterocycles. The lowest BCUT2D eigenvalue weighted by molar-refractivity contribution is -0.159. The molecule has 116 valence electrons. The van der Waals surface area contributed by atoms with Crippen LogP contribution in [0, 0.1) is 5.92 Å². The lowest BCUT2D eigenvalue weighted by atomic mass is 9.68. The number of hydrogen-bond donors (Lipinski definition) is 0. The predicted octanol–water partition coefficient (Wildman–Crippen LogP) is 3.28. The van der Waals surface area contributed by atoms with E-state index in [1.54, 1.807) is 7.11 Å². The van der Waals surface area contributed by atoms with Crippen LogP contribution in [0.25, 0.3) is 0 Å². The Labute approximate surface area is 121 Å². The predicted molar refractivity (Wildman–Crippen MR) is 76.6 cm³/mol. The number of halogens is 1. The van der Waals surface area contributed by atoms with Gasteiger partial charge in [0.15, 0.2) is 0 Å². The fourth-order valence-corrected chi connectivity index (χ4v) is 3.45. The van der Waals surface area contributed by atoms with Crippen molar-refractivity contribution < 1.29 is 18.6 Å². The molecule has 0 bridgehead atoms. The van der Waals surface area contributed by atoms with Gasteiger partial charge in [-0.1, -0.05) is 11.6 Å². The van der Waals surface area contributed by atoms with Gasteiger partial charge in [-0.3, -0.25) is 0 Å². The molecule has 0 aromatic carbocycles. The highest BCUT2D eigenvalue weighted by atomic mass is 19.1. The average molecular weight is 286 g/mol. The quantitative estimate of drug-likeness (QED) is 0.574. The molecule has 1 saturated carbocycles. The molecule has 1 aliphatic heterocycles. The third-order valence-electron chi connectivity index (χ3n) is 4.58. The number of epoxide rings is 1. The zero-order chi connectivity index (χ0) is 15.0. The first kappa shape index (κ1) is 15.9. The highest BCUT2D eigenvalue weighted by Crippen LogP contribution is 2.52. The number of methoxy groups -OCH3 is 1. The topological polar surface area (TPSA) is 31.0 Å². The minimum Gasteiger partial charge on any atom is -0.378 e. The van der Waals surface area contributed by atoms with Gasteiger partial charge in [-0.05, 0) is 40.5 Å². The minimum absolute atomic E-state index is 0.0747. The molecule has 4 heteroatoms. The molecule has 0 aromatic heterocycles. The van der Waals surface area contributed by atoms with Crippen LogP contribution in [0.4, 0.5) is 4.39 Å².